The van der Waals surface area contributed by atoms with Crippen molar-refractivity contribution in [3.8, 4) is 0 Å². The van der Waals surface area contributed by atoms with Crippen molar-refractivity contribution in [1.82, 2.24) is 4.98 Å². The summed E-state index contributed by atoms with van der Waals surface area (Å²) in [4.78, 5) is 6.26. The summed E-state index contributed by atoms with van der Waals surface area (Å²) < 4.78 is 6.09. The Morgan fingerprint density at radius 2 is 1.43 bits per heavy atom. The Morgan fingerprint density at radius 1 is 0.905 bits per heavy atom. The van der Waals surface area contributed by atoms with Crippen LogP contribution in [0, 0.1) is 0 Å². The summed E-state index contributed by atoms with van der Waals surface area (Å²) in [7, 11) is 0. The van der Waals surface area contributed by atoms with Crippen molar-refractivity contribution in [1.29, 1.82) is 0 Å². The molecule has 21 heavy (non-hydrogen) atoms. The van der Waals surface area contributed by atoms with Crippen molar-refractivity contribution < 1.29 is 0 Å². The first kappa shape index (κ1) is 19.3. The number of unbranched alkanes of at least 4 members (excludes halogenated alkanes) is 3. The van der Waals surface area contributed by atoms with Gasteiger partial charge in [0.15, 0.2) is 0 Å². The zero-order chi connectivity index (χ0) is 15.6. The van der Waals surface area contributed by atoms with Crippen LogP contribution in [0.3, 0.4) is 0 Å². The molecule has 1 aromatic heterocycles. The van der Waals surface area contributed by atoms with Crippen molar-refractivity contribution in [2.24, 2.45) is 0 Å². The molecule has 0 fully saturated rings. The van der Waals surface area contributed by atoms with Gasteiger partial charge in [0.2, 0.25) is 0 Å². The summed E-state index contributed by atoms with van der Waals surface area (Å²) >= 11 is -0.463. The quantitative estimate of drug-likeness (QED) is 0.332. The molecule has 0 radical (unpaired) electrons. The average molecular weight is 414 g/mol. The zero-order valence-electron chi connectivity index (χ0n) is 14.5. The van der Waals surface area contributed by atoms with E-state index in [1.807, 2.05) is 0 Å². The number of thioether (sulfide) groups is 1. The molecule has 0 saturated carbocycles. The third kappa shape index (κ3) is 6.13. The first-order chi connectivity index (χ1) is 10.2. The first-order valence-corrected chi connectivity index (χ1v) is 17.4. The Morgan fingerprint density at radius 3 is 1.76 bits per heavy atom. The molecule has 1 nitrogen and oxygen atoms in total. The fraction of sp³-hybridized carbons (Fsp3) is 0.722. The van der Waals surface area contributed by atoms with Crippen LogP contribution in [-0.4, -0.2) is 29.6 Å². The molecule has 0 N–H and O–H groups in total. The van der Waals surface area contributed by atoms with Gasteiger partial charge in [-0.25, -0.2) is 0 Å². The Labute approximate surface area is 140 Å². The van der Waals surface area contributed by atoms with Gasteiger partial charge in [0.05, 0.1) is 0 Å². The summed E-state index contributed by atoms with van der Waals surface area (Å²) in [6, 6.07) is 4.70. The third-order valence-electron chi connectivity index (χ3n) is 4.54. The van der Waals surface area contributed by atoms with Crippen molar-refractivity contribution in [3.63, 3.8) is 0 Å². The van der Waals surface area contributed by atoms with E-state index < -0.39 is 18.4 Å². The molecule has 3 heteroatoms. The molecular weight excluding hydrogens is 381 g/mol. The average Bonchev–Trinajstić information content (AvgIpc) is 2.55. The molecule has 0 aromatic carbocycles. The molecule has 1 rings (SSSR count). The number of pyridine rings is 1. The van der Waals surface area contributed by atoms with Crippen LogP contribution in [0.1, 0.15) is 59.3 Å². The Balaban J connectivity index is 3.02. The Kier molecular flexibility index (Phi) is 10.1. The third-order valence-corrected chi connectivity index (χ3v) is 20.4. The van der Waals surface area contributed by atoms with Gasteiger partial charge in [-0.05, 0) is 0 Å². The summed E-state index contributed by atoms with van der Waals surface area (Å²) in [5.41, 5.74) is 0. The molecule has 0 aliphatic carbocycles. The molecule has 0 amide bonds. The van der Waals surface area contributed by atoms with E-state index in [0.717, 1.165) is 0 Å². The van der Waals surface area contributed by atoms with E-state index in [-0.39, 0.29) is 0 Å². The van der Waals surface area contributed by atoms with Gasteiger partial charge in [-0.15, -0.1) is 0 Å². The summed E-state index contributed by atoms with van der Waals surface area (Å²) in [6.45, 7) is 7.00. The number of rotatable bonds is 11. The predicted octanol–water partition coefficient (Wildman–Crippen LogP) is 5.86. The molecule has 0 unspecified atom stereocenters. The van der Waals surface area contributed by atoms with Crippen LogP contribution in [0.5, 0.6) is 0 Å². The molecule has 0 bridgehead atoms. The first-order valence-electron chi connectivity index (χ1n) is 8.73. The normalized spacial score (nSPS) is 11.8. The SMILES string of the molecule is CCC[CH2][Sn]([CH2]CCC)([CH2]CCC)[c]1ccc(SC)cn1. The van der Waals surface area contributed by atoms with E-state index in [2.05, 4.69) is 45.4 Å². The fourth-order valence-corrected chi connectivity index (χ4v) is 18.9. The molecule has 0 atom stereocenters. The van der Waals surface area contributed by atoms with Gasteiger partial charge >= 0.3 is 141 Å². The summed E-state index contributed by atoms with van der Waals surface area (Å²) in [6.07, 6.45) is 12.5. The molecule has 0 aliphatic rings. The van der Waals surface area contributed by atoms with Crippen LogP contribution in [-0.2, 0) is 0 Å². The number of nitrogens with zero attached hydrogens (tertiary/aromatic N) is 1. The summed E-state index contributed by atoms with van der Waals surface area (Å²) in [5, 5.41) is 0. The van der Waals surface area contributed by atoms with Crippen molar-refractivity contribution >= 4 is 33.8 Å². The van der Waals surface area contributed by atoms with Crippen LogP contribution in [0.25, 0.3) is 0 Å². The van der Waals surface area contributed by atoms with E-state index >= 15 is 0 Å². The molecule has 1 heterocycles. The Bertz CT molecular complexity index is 356. The second-order valence-electron chi connectivity index (χ2n) is 6.17. The minimum atomic E-state index is -2.27. The van der Waals surface area contributed by atoms with Gasteiger partial charge in [0.25, 0.3) is 0 Å². The van der Waals surface area contributed by atoms with Crippen molar-refractivity contribution in [2.75, 3.05) is 6.26 Å². The molecular formula is C18H33NSSn. The number of hydrogen-bond acceptors (Lipinski definition) is 2. The zero-order valence-corrected chi connectivity index (χ0v) is 18.1. The monoisotopic (exact) mass is 415 g/mol. The van der Waals surface area contributed by atoms with Crippen LogP contribution in [0.4, 0.5) is 0 Å². The van der Waals surface area contributed by atoms with Gasteiger partial charge in [-0.2, -0.15) is 0 Å². The second kappa shape index (κ2) is 10.9. The van der Waals surface area contributed by atoms with Gasteiger partial charge in [0.1, 0.15) is 0 Å². The van der Waals surface area contributed by atoms with Crippen LogP contribution in [0.15, 0.2) is 23.2 Å². The van der Waals surface area contributed by atoms with E-state index in [4.69, 9.17) is 4.98 Å². The Hall–Kier alpha value is 0.299. The topological polar surface area (TPSA) is 12.9 Å². The maximum atomic E-state index is 4.95. The van der Waals surface area contributed by atoms with Crippen LogP contribution in [0.2, 0.25) is 13.3 Å². The molecule has 1 aromatic rings. The van der Waals surface area contributed by atoms with Gasteiger partial charge in [0, 0.05) is 0 Å². The number of aromatic nitrogens is 1. The van der Waals surface area contributed by atoms with E-state index in [9.17, 15) is 0 Å². The van der Waals surface area contributed by atoms with Gasteiger partial charge in [-0.1, -0.05) is 0 Å². The number of hydrogen-bond donors (Lipinski definition) is 0. The standard InChI is InChI=1S/C6H6NS.3C4H9.Sn/c1-8-6-3-2-4-7-5-6;3*1-3-4-2;/h2-3,5H,1H3;3*1,3-4H2,2H3;. The van der Waals surface area contributed by atoms with Gasteiger partial charge < -0.3 is 0 Å². The molecule has 120 valence electrons. The van der Waals surface area contributed by atoms with E-state index in [0.29, 0.717) is 0 Å². The predicted molar refractivity (Wildman–Crippen MR) is 101 cm³/mol. The fourth-order valence-electron chi connectivity index (χ4n) is 3.12. The van der Waals surface area contributed by atoms with E-state index in [1.54, 1.807) is 15.5 Å². The van der Waals surface area contributed by atoms with Crippen molar-refractivity contribution in [3.05, 3.63) is 18.3 Å². The van der Waals surface area contributed by atoms with E-state index in [1.165, 1.54) is 56.7 Å². The van der Waals surface area contributed by atoms with Crippen LogP contribution < -0.4 is 3.71 Å². The molecule has 0 spiro atoms. The molecule has 0 saturated heterocycles. The maximum absolute atomic E-state index is 4.95. The van der Waals surface area contributed by atoms with Crippen LogP contribution >= 0.6 is 11.8 Å². The van der Waals surface area contributed by atoms with Gasteiger partial charge in [-0.3, -0.25) is 0 Å². The molecule has 0 aliphatic heterocycles. The minimum absolute atomic E-state index is 1.31. The summed E-state index contributed by atoms with van der Waals surface area (Å²) in [5.74, 6) is 0. The van der Waals surface area contributed by atoms with Crippen molar-refractivity contribution in [2.45, 2.75) is 77.5 Å². The second-order valence-corrected chi connectivity index (χ2v) is 20.1.